The van der Waals surface area contributed by atoms with Crippen molar-refractivity contribution in [2.75, 3.05) is 13.7 Å². The first-order valence-corrected chi connectivity index (χ1v) is 6.82. The molecule has 0 amide bonds. The number of hydrogen-bond acceptors (Lipinski definition) is 3. The second-order valence-corrected chi connectivity index (χ2v) is 4.99. The highest BCUT2D eigenvalue weighted by atomic mass is 79.9. The van der Waals surface area contributed by atoms with Crippen LogP contribution in [0.15, 0.2) is 46.9 Å². The van der Waals surface area contributed by atoms with Crippen molar-refractivity contribution in [1.29, 1.82) is 0 Å². The zero-order valence-electron chi connectivity index (χ0n) is 10.7. The van der Waals surface area contributed by atoms with Crippen LogP contribution in [0.2, 0.25) is 0 Å². The molecule has 0 saturated carbocycles. The molecular formula is C15H16BrNO2. The number of halogens is 1. The molecule has 0 aromatic heterocycles. The van der Waals surface area contributed by atoms with Crippen LogP contribution >= 0.6 is 15.9 Å². The van der Waals surface area contributed by atoms with Crippen LogP contribution in [-0.4, -0.2) is 13.7 Å². The van der Waals surface area contributed by atoms with E-state index in [9.17, 15) is 0 Å². The summed E-state index contributed by atoms with van der Waals surface area (Å²) in [5, 5.41) is 0. The van der Waals surface area contributed by atoms with Crippen LogP contribution in [0.25, 0.3) is 0 Å². The second kappa shape index (κ2) is 6.59. The Morgan fingerprint density at radius 3 is 2.63 bits per heavy atom. The topological polar surface area (TPSA) is 44.5 Å². The van der Waals surface area contributed by atoms with Crippen molar-refractivity contribution in [2.45, 2.75) is 6.42 Å². The summed E-state index contributed by atoms with van der Waals surface area (Å²) in [5.41, 5.74) is 6.71. The summed E-state index contributed by atoms with van der Waals surface area (Å²) in [6.07, 6.45) is 0.784. The number of methoxy groups -OCH3 is 1. The third-order valence-electron chi connectivity index (χ3n) is 2.71. The first-order valence-electron chi connectivity index (χ1n) is 6.03. The maximum Gasteiger partial charge on any atom is 0.131 e. The minimum Gasteiger partial charge on any atom is -0.497 e. The van der Waals surface area contributed by atoms with Crippen molar-refractivity contribution >= 4 is 15.9 Å². The van der Waals surface area contributed by atoms with Gasteiger partial charge in [0.2, 0.25) is 0 Å². The third kappa shape index (κ3) is 3.72. The average Bonchev–Trinajstić information content (AvgIpc) is 2.42. The summed E-state index contributed by atoms with van der Waals surface area (Å²) >= 11 is 3.45. The van der Waals surface area contributed by atoms with Crippen LogP contribution in [0.1, 0.15) is 5.56 Å². The Kier molecular flexibility index (Phi) is 4.82. The first kappa shape index (κ1) is 13.9. The number of ether oxygens (including phenoxy) is 2. The zero-order valence-corrected chi connectivity index (χ0v) is 12.3. The maximum atomic E-state index is 5.92. The molecule has 2 aromatic carbocycles. The Morgan fingerprint density at radius 1 is 1.11 bits per heavy atom. The number of benzene rings is 2. The van der Waals surface area contributed by atoms with E-state index < -0.39 is 0 Å². The fourth-order valence-electron chi connectivity index (χ4n) is 1.78. The van der Waals surface area contributed by atoms with Crippen LogP contribution in [0.3, 0.4) is 0 Å². The minimum absolute atomic E-state index is 0.593. The highest BCUT2D eigenvalue weighted by Crippen LogP contribution is 2.30. The second-order valence-electron chi connectivity index (χ2n) is 4.07. The van der Waals surface area contributed by atoms with Gasteiger partial charge in [-0.25, -0.2) is 0 Å². The smallest absolute Gasteiger partial charge is 0.131 e. The molecule has 0 atom stereocenters. The molecular weight excluding hydrogens is 306 g/mol. The number of rotatable bonds is 5. The zero-order chi connectivity index (χ0) is 13.7. The lowest BCUT2D eigenvalue weighted by atomic mass is 10.1. The average molecular weight is 322 g/mol. The fraction of sp³-hybridized carbons (Fsp3) is 0.200. The van der Waals surface area contributed by atoms with Gasteiger partial charge in [0, 0.05) is 10.5 Å². The molecule has 3 nitrogen and oxygen atoms in total. The van der Waals surface area contributed by atoms with Crippen molar-refractivity contribution < 1.29 is 9.47 Å². The highest BCUT2D eigenvalue weighted by molar-refractivity contribution is 9.10. The molecule has 19 heavy (non-hydrogen) atoms. The lowest BCUT2D eigenvalue weighted by Crippen LogP contribution is -2.04. The van der Waals surface area contributed by atoms with Crippen molar-refractivity contribution in [3.05, 3.63) is 52.5 Å². The van der Waals surface area contributed by atoms with Gasteiger partial charge in [-0.05, 0) is 42.8 Å². The summed E-state index contributed by atoms with van der Waals surface area (Å²) in [6.45, 7) is 0.593. The Morgan fingerprint density at radius 2 is 1.89 bits per heavy atom. The monoisotopic (exact) mass is 321 g/mol. The van der Waals surface area contributed by atoms with E-state index in [4.69, 9.17) is 15.2 Å². The molecule has 2 aromatic rings. The van der Waals surface area contributed by atoms with Gasteiger partial charge in [0.1, 0.15) is 17.2 Å². The van der Waals surface area contributed by atoms with Gasteiger partial charge in [0.25, 0.3) is 0 Å². The van der Waals surface area contributed by atoms with E-state index in [0.717, 1.165) is 33.7 Å². The predicted octanol–water partition coefficient (Wildman–Crippen LogP) is 3.75. The summed E-state index contributed by atoms with van der Waals surface area (Å²) in [5.74, 6) is 2.33. The summed E-state index contributed by atoms with van der Waals surface area (Å²) in [4.78, 5) is 0. The minimum atomic E-state index is 0.593. The van der Waals surface area contributed by atoms with E-state index in [2.05, 4.69) is 15.9 Å². The van der Waals surface area contributed by atoms with E-state index in [1.54, 1.807) is 7.11 Å². The molecule has 0 bridgehead atoms. The fourth-order valence-corrected chi connectivity index (χ4v) is 2.12. The molecule has 2 rings (SSSR count). The van der Waals surface area contributed by atoms with Crippen LogP contribution in [-0.2, 0) is 6.42 Å². The molecule has 0 spiro atoms. The van der Waals surface area contributed by atoms with Gasteiger partial charge in [0.05, 0.1) is 7.11 Å². The SMILES string of the molecule is COc1cccc(Oc2cc(Br)ccc2CCN)c1. The molecule has 0 saturated heterocycles. The van der Waals surface area contributed by atoms with E-state index in [1.807, 2.05) is 42.5 Å². The molecule has 4 heteroatoms. The van der Waals surface area contributed by atoms with E-state index in [-0.39, 0.29) is 0 Å². The van der Waals surface area contributed by atoms with Crippen molar-refractivity contribution in [3.63, 3.8) is 0 Å². The molecule has 0 radical (unpaired) electrons. The van der Waals surface area contributed by atoms with E-state index >= 15 is 0 Å². The molecule has 0 unspecified atom stereocenters. The maximum absolute atomic E-state index is 5.92. The number of nitrogens with two attached hydrogens (primary N) is 1. The molecule has 0 aliphatic rings. The molecule has 100 valence electrons. The first-order chi connectivity index (χ1) is 9.22. The van der Waals surface area contributed by atoms with Crippen LogP contribution in [0.4, 0.5) is 0 Å². The van der Waals surface area contributed by atoms with Crippen LogP contribution in [0, 0.1) is 0 Å². The molecule has 0 fully saturated rings. The van der Waals surface area contributed by atoms with E-state index in [0.29, 0.717) is 6.54 Å². The summed E-state index contributed by atoms with van der Waals surface area (Å²) in [7, 11) is 1.64. The Bertz CT molecular complexity index is 558. The highest BCUT2D eigenvalue weighted by Gasteiger charge is 2.06. The quantitative estimate of drug-likeness (QED) is 0.912. The lowest BCUT2D eigenvalue weighted by molar-refractivity contribution is 0.408. The van der Waals surface area contributed by atoms with Gasteiger partial charge in [-0.1, -0.05) is 28.1 Å². The van der Waals surface area contributed by atoms with Crippen molar-refractivity contribution in [2.24, 2.45) is 5.73 Å². The van der Waals surface area contributed by atoms with Crippen LogP contribution in [0.5, 0.6) is 17.2 Å². The number of hydrogen-bond donors (Lipinski definition) is 1. The third-order valence-corrected chi connectivity index (χ3v) is 3.21. The predicted molar refractivity (Wildman–Crippen MR) is 80.0 cm³/mol. The Hall–Kier alpha value is -1.52. The van der Waals surface area contributed by atoms with Crippen molar-refractivity contribution in [1.82, 2.24) is 0 Å². The van der Waals surface area contributed by atoms with Gasteiger partial charge in [0.15, 0.2) is 0 Å². The Balaban J connectivity index is 2.28. The lowest BCUT2D eigenvalue weighted by Gasteiger charge is -2.12. The van der Waals surface area contributed by atoms with Gasteiger partial charge < -0.3 is 15.2 Å². The van der Waals surface area contributed by atoms with Gasteiger partial charge in [-0.2, -0.15) is 0 Å². The van der Waals surface area contributed by atoms with Gasteiger partial charge in [-0.3, -0.25) is 0 Å². The summed E-state index contributed by atoms with van der Waals surface area (Å²) in [6, 6.07) is 13.5. The van der Waals surface area contributed by atoms with Crippen molar-refractivity contribution in [3.8, 4) is 17.2 Å². The Labute approximate surface area is 121 Å². The van der Waals surface area contributed by atoms with Gasteiger partial charge >= 0.3 is 0 Å². The molecule has 2 N–H and O–H groups in total. The van der Waals surface area contributed by atoms with Crippen LogP contribution < -0.4 is 15.2 Å². The molecule has 0 aliphatic carbocycles. The largest absolute Gasteiger partial charge is 0.497 e. The standard InChI is InChI=1S/C15H16BrNO2/c1-18-13-3-2-4-14(10-13)19-15-9-12(16)6-5-11(15)7-8-17/h2-6,9-10H,7-8,17H2,1H3. The summed E-state index contributed by atoms with van der Waals surface area (Å²) < 4.78 is 12.1. The van der Waals surface area contributed by atoms with Gasteiger partial charge in [-0.15, -0.1) is 0 Å². The van der Waals surface area contributed by atoms with E-state index in [1.165, 1.54) is 0 Å². The molecule has 0 heterocycles. The molecule has 0 aliphatic heterocycles. The normalized spacial score (nSPS) is 10.3.